The Bertz CT molecular complexity index is 529. The minimum atomic E-state index is -0.304. The van der Waals surface area contributed by atoms with Gasteiger partial charge in [-0.05, 0) is 30.9 Å². The van der Waals surface area contributed by atoms with E-state index in [0.717, 1.165) is 31.2 Å². The number of fused-ring (bicyclic) bond motifs is 1. The third kappa shape index (κ3) is 2.40. The molecule has 1 heterocycles. The second-order valence-corrected chi connectivity index (χ2v) is 4.34. The molecule has 1 aliphatic heterocycles. The Morgan fingerprint density at radius 2 is 1.94 bits per heavy atom. The number of carbonyl (C=O) groups excluding carboxylic acids is 2. The van der Waals surface area contributed by atoms with Crippen molar-refractivity contribution < 1.29 is 9.59 Å². The largest absolute Gasteiger partial charge is 0.288 e. The zero-order valence-corrected chi connectivity index (χ0v) is 10.0. The van der Waals surface area contributed by atoms with Gasteiger partial charge in [0.15, 0.2) is 0 Å². The van der Waals surface area contributed by atoms with Gasteiger partial charge in [0.2, 0.25) is 0 Å². The van der Waals surface area contributed by atoms with Crippen molar-refractivity contribution in [1.82, 2.24) is 5.32 Å². The van der Waals surface area contributed by atoms with E-state index in [1.165, 1.54) is 0 Å². The van der Waals surface area contributed by atoms with Crippen LogP contribution in [0.3, 0.4) is 0 Å². The van der Waals surface area contributed by atoms with Gasteiger partial charge in [0, 0.05) is 6.42 Å². The van der Waals surface area contributed by atoms with Gasteiger partial charge >= 0.3 is 0 Å². The van der Waals surface area contributed by atoms with E-state index in [4.69, 9.17) is 5.26 Å². The van der Waals surface area contributed by atoms with Crippen LogP contribution in [0.4, 0.5) is 0 Å². The highest BCUT2D eigenvalue weighted by molar-refractivity contribution is 6.22. The molecule has 1 N–H and O–H groups in total. The fourth-order valence-electron chi connectivity index (χ4n) is 2.20. The summed E-state index contributed by atoms with van der Waals surface area (Å²) in [7, 11) is 0. The van der Waals surface area contributed by atoms with Gasteiger partial charge in [0.25, 0.3) is 11.8 Å². The second kappa shape index (κ2) is 5.46. The number of hydrogen-bond donors (Lipinski definition) is 1. The summed E-state index contributed by atoms with van der Waals surface area (Å²) in [4.78, 5) is 23.1. The molecule has 0 aliphatic carbocycles. The van der Waals surface area contributed by atoms with Gasteiger partial charge in [-0.25, -0.2) is 0 Å². The Kier molecular flexibility index (Phi) is 3.73. The summed E-state index contributed by atoms with van der Waals surface area (Å²) in [5, 5.41) is 10.7. The molecule has 1 aliphatic rings. The van der Waals surface area contributed by atoms with E-state index in [9.17, 15) is 9.59 Å². The lowest BCUT2D eigenvalue weighted by Crippen LogP contribution is -2.20. The van der Waals surface area contributed by atoms with Gasteiger partial charge in [-0.3, -0.25) is 14.9 Å². The van der Waals surface area contributed by atoms with Gasteiger partial charge in [-0.1, -0.05) is 18.6 Å². The SMILES string of the molecule is N#CCCCCCc1cccc2c1C(=O)NC2=O. The lowest BCUT2D eigenvalue weighted by atomic mass is 9.98. The van der Waals surface area contributed by atoms with Crippen molar-refractivity contribution in [2.24, 2.45) is 0 Å². The number of carbonyl (C=O) groups is 2. The molecule has 0 radical (unpaired) electrons. The zero-order valence-electron chi connectivity index (χ0n) is 10.0. The zero-order chi connectivity index (χ0) is 13.0. The summed E-state index contributed by atoms with van der Waals surface area (Å²) in [5.41, 5.74) is 1.94. The molecule has 2 amide bonds. The third-order valence-corrected chi connectivity index (χ3v) is 3.08. The predicted octanol–water partition coefficient (Wildman–Crippen LogP) is 2.20. The van der Waals surface area contributed by atoms with Crippen molar-refractivity contribution in [2.45, 2.75) is 32.1 Å². The molecule has 4 heteroatoms. The summed E-state index contributed by atoms with van der Waals surface area (Å²) < 4.78 is 0. The number of nitrogens with zero attached hydrogens (tertiary/aromatic N) is 1. The van der Waals surface area contributed by atoms with Crippen LogP contribution in [0.5, 0.6) is 0 Å². The quantitative estimate of drug-likeness (QED) is 0.635. The molecule has 92 valence electrons. The van der Waals surface area contributed by atoms with E-state index in [0.29, 0.717) is 17.5 Å². The number of nitrogens with one attached hydrogen (secondary N) is 1. The van der Waals surface area contributed by atoms with Crippen LogP contribution in [0.2, 0.25) is 0 Å². The molecule has 0 spiro atoms. The average molecular weight is 242 g/mol. The topological polar surface area (TPSA) is 70.0 Å². The fourth-order valence-corrected chi connectivity index (χ4v) is 2.20. The molecule has 0 saturated heterocycles. The summed E-state index contributed by atoms with van der Waals surface area (Å²) in [6.07, 6.45) is 4.13. The Labute approximate surface area is 106 Å². The standard InChI is InChI=1S/C14H14N2O2/c15-9-4-2-1-3-6-10-7-5-8-11-12(10)14(18)16-13(11)17/h5,7-8H,1-4,6H2,(H,16,17,18). The first-order chi connectivity index (χ1) is 8.74. The molecule has 4 nitrogen and oxygen atoms in total. The Hall–Kier alpha value is -2.15. The number of hydrogen-bond acceptors (Lipinski definition) is 3. The highest BCUT2D eigenvalue weighted by Gasteiger charge is 2.28. The van der Waals surface area contributed by atoms with Crippen LogP contribution in [0, 0.1) is 11.3 Å². The van der Waals surface area contributed by atoms with Crippen LogP contribution in [0.15, 0.2) is 18.2 Å². The van der Waals surface area contributed by atoms with Crippen molar-refractivity contribution >= 4 is 11.8 Å². The predicted molar refractivity (Wildman–Crippen MR) is 66.0 cm³/mol. The molecule has 1 aromatic carbocycles. The Balaban J connectivity index is 2.04. The van der Waals surface area contributed by atoms with Crippen molar-refractivity contribution in [3.8, 4) is 6.07 Å². The highest BCUT2D eigenvalue weighted by atomic mass is 16.2. The van der Waals surface area contributed by atoms with E-state index in [2.05, 4.69) is 11.4 Å². The number of rotatable bonds is 5. The minimum Gasteiger partial charge on any atom is -0.288 e. The minimum absolute atomic E-state index is 0.289. The summed E-state index contributed by atoms with van der Waals surface area (Å²) in [6, 6.07) is 7.48. The first kappa shape index (κ1) is 12.3. The van der Waals surface area contributed by atoms with Crippen LogP contribution in [0.25, 0.3) is 0 Å². The van der Waals surface area contributed by atoms with Gasteiger partial charge in [0.1, 0.15) is 0 Å². The summed E-state index contributed by atoms with van der Waals surface area (Å²) in [5.74, 6) is -0.594. The van der Waals surface area contributed by atoms with Gasteiger partial charge < -0.3 is 0 Å². The van der Waals surface area contributed by atoms with Crippen LogP contribution in [-0.2, 0) is 6.42 Å². The van der Waals surface area contributed by atoms with Gasteiger partial charge in [0.05, 0.1) is 17.2 Å². The molecule has 18 heavy (non-hydrogen) atoms. The third-order valence-electron chi connectivity index (χ3n) is 3.08. The number of benzene rings is 1. The van der Waals surface area contributed by atoms with Gasteiger partial charge in [-0.15, -0.1) is 0 Å². The van der Waals surface area contributed by atoms with E-state index in [1.807, 2.05) is 12.1 Å². The fraction of sp³-hybridized carbons (Fsp3) is 0.357. The summed E-state index contributed by atoms with van der Waals surface area (Å²) >= 11 is 0. The second-order valence-electron chi connectivity index (χ2n) is 4.34. The van der Waals surface area contributed by atoms with Crippen LogP contribution in [0.1, 0.15) is 52.0 Å². The maximum Gasteiger partial charge on any atom is 0.259 e. The van der Waals surface area contributed by atoms with E-state index < -0.39 is 0 Å². The Morgan fingerprint density at radius 3 is 2.72 bits per heavy atom. The van der Waals surface area contributed by atoms with Crippen molar-refractivity contribution in [3.05, 3.63) is 34.9 Å². The molecule has 2 rings (SSSR count). The van der Waals surface area contributed by atoms with Crippen molar-refractivity contribution in [2.75, 3.05) is 0 Å². The monoisotopic (exact) mass is 242 g/mol. The normalized spacial score (nSPS) is 13.1. The average Bonchev–Trinajstić information content (AvgIpc) is 2.66. The Morgan fingerprint density at radius 1 is 1.11 bits per heavy atom. The number of aryl methyl sites for hydroxylation is 1. The molecule has 0 saturated carbocycles. The number of imide groups is 1. The molecule has 0 bridgehead atoms. The number of nitriles is 1. The molecule has 0 fully saturated rings. The molecule has 0 aromatic heterocycles. The maximum atomic E-state index is 11.7. The maximum absolute atomic E-state index is 11.7. The molecular weight excluding hydrogens is 228 g/mol. The first-order valence-corrected chi connectivity index (χ1v) is 6.08. The molecule has 1 aromatic rings. The lowest BCUT2D eigenvalue weighted by Gasteiger charge is -2.05. The van der Waals surface area contributed by atoms with E-state index in [1.54, 1.807) is 6.07 Å². The van der Waals surface area contributed by atoms with Crippen molar-refractivity contribution in [3.63, 3.8) is 0 Å². The first-order valence-electron chi connectivity index (χ1n) is 6.08. The summed E-state index contributed by atoms with van der Waals surface area (Å²) in [6.45, 7) is 0. The van der Waals surface area contributed by atoms with Crippen LogP contribution >= 0.6 is 0 Å². The number of amides is 2. The molecule has 0 unspecified atom stereocenters. The molecule has 0 atom stereocenters. The van der Waals surface area contributed by atoms with Crippen LogP contribution in [-0.4, -0.2) is 11.8 Å². The number of unbranched alkanes of at least 4 members (excludes halogenated alkanes) is 3. The lowest BCUT2D eigenvalue weighted by molar-refractivity contribution is 0.0879. The van der Waals surface area contributed by atoms with Crippen molar-refractivity contribution in [1.29, 1.82) is 5.26 Å². The highest BCUT2D eigenvalue weighted by Crippen LogP contribution is 2.21. The van der Waals surface area contributed by atoms with Gasteiger partial charge in [-0.2, -0.15) is 5.26 Å². The van der Waals surface area contributed by atoms with Crippen LogP contribution < -0.4 is 5.32 Å². The van der Waals surface area contributed by atoms with E-state index in [-0.39, 0.29) is 11.8 Å². The van der Waals surface area contributed by atoms with E-state index >= 15 is 0 Å². The smallest absolute Gasteiger partial charge is 0.259 e. The molecular formula is C14H14N2O2.